The van der Waals surface area contributed by atoms with Crippen LogP contribution < -0.4 is 0 Å². The molecule has 0 heterocycles. The Morgan fingerprint density at radius 1 is 1.31 bits per heavy atom. The van der Waals surface area contributed by atoms with Crippen molar-refractivity contribution in [1.82, 2.24) is 0 Å². The number of hydrogen-bond donors (Lipinski definition) is 1. The Labute approximate surface area is 93.9 Å². The smallest absolute Gasteiger partial charge is 0.164 e. The van der Waals surface area contributed by atoms with Gasteiger partial charge in [0.2, 0.25) is 0 Å². The molecular weight excluding hydrogens is 214 g/mol. The average Bonchev–Trinajstić information content (AvgIpc) is 2.26. The molecule has 0 fully saturated rings. The van der Waals surface area contributed by atoms with Crippen LogP contribution in [-0.2, 0) is 4.74 Å². The number of ether oxygens (including phenoxy) is 1. The monoisotopic (exact) mass is 230 g/mol. The molecule has 0 saturated carbocycles. The SMILES string of the molecule is CCOC(C)C(O)c1ccc(C)c(F)c1F. The Balaban J connectivity index is 3.00. The first-order chi connectivity index (χ1) is 7.49. The first-order valence-electron chi connectivity index (χ1n) is 5.23. The van der Waals surface area contributed by atoms with Gasteiger partial charge in [-0.25, -0.2) is 8.78 Å². The van der Waals surface area contributed by atoms with Gasteiger partial charge in [-0.2, -0.15) is 0 Å². The minimum absolute atomic E-state index is 0.0657. The highest BCUT2D eigenvalue weighted by molar-refractivity contribution is 5.27. The molecule has 2 nitrogen and oxygen atoms in total. The largest absolute Gasteiger partial charge is 0.386 e. The second-order valence-corrected chi connectivity index (χ2v) is 3.70. The first kappa shape index (κ1) is 13.1. The summed E-state index contributed by atoms with van der Waals surface area (Å²) in [5.74, 6) is -1.92. The molecule has 1 aromatic rings. The van der Waals surface area contributed by atoms with Crippen LogP contribution >= 0.6 is 0 Å². The summed E-state index contributed by atoms with van der Waals surface area (Å²) in [6.45, 7) is 5.27. The third-order valence-electron chi connectivity index (χ3n) is 2.50. The lowest BCUT2D eigenvalue weighted by atomic mass is 10.0. The Morgan fingerprint density at radius 3 is 2.50 bits per heavy atom. The maximum Gasteiger partial charge on any atom is 0.164 e. The molecule has 2 atom stereocenters. The van der Waals surface area contributed by atoms with Gasteiger partial charge < -0.3 is 9.84 Å². The van der Waals surface area contributed by atoms with Crippen molar-refractivity contribution >= 4 is 0 Å². The van der Waals surface area contributed by atoms with Crippen molar-refractivity contribution in [2.75, 3.05) is 6.61 Å². The number of rotatable bonds is 4. The number of hydrogen-bond acceptors (Lipinski definition) is 2. The van der Waals surface area contributed by atoms with Gasteiger partial charge in [-0.15, -0.1) is 0 Å². The van der Waals surface area contributed by atoms with Gasteiger partial charge in [0.1, 0.15) is 6.10 Å². The Bertz CT molecular complexity index is 366. The predicted octanol–water partition coefficient (Wildman–Crippen LogP) is 2.73. The topological polar surface area (TPSA) is 29.5 Å². The summed E-state index contributed by atoms with van der Waals surface area (Å²) in [5, 5.41) is 9.78. The van der Waals surface area contributed by atoms with Crippen LogP contribution in [0.5, 0.6) is 0 Å². The summed E-state index contributed by atoms with van der Waals surface area (Å²) in [4.78, 5) is 0. The molecule has 0 bridgehead atoms. The maximum absolute atomic E-state index is 13.5. The van der Waals surface area contributed by atoms with E-state index in [0.29, 0.717) is 6.61 Å². The van der Waals surface area contributed by atoms with E-state index >= 15 is 0 Å². The third kappa shape index (κ3) is 2.57. The van der Waals surface area contributed by atoms with Gasteiger partial charge >= 0.3 is 0 Å². The standard InChI is InChI=1S/C12H16F2O2/c1-4-16-8(3)12(15)9-6-5-7(2)10(13)11(9)14/h5-6,8,12,15H,4H2,1-3H3. The van der Waals surface area contributed by atoms with Crippen LogP contribution in [0.15, 0.2) is 12.1 Å². The lowest BCUT2D eigenvalue weighted by molar-refractivity contribution is -0.0244. The quantitative estimate of drug-likeness (QED) is 0.861. The summed E-state index contributed by atoms with van der Waals surface area (Å²) in [7, 11) is 0. The van der Waals surface area contributed by atoms with Gasteiger partial charge in [0.25, 0.3) is 0 Å². The van der Waals surface area contributed by atoms with Crippen LogP contribution in [0.3, 0.4) is 0 Å². The zero-order valence-corrected chi connectivity index (χ0v) is 9.63. The number of benzene rings is 1. The molecular formula is C12H16F2O2. The number of aliphatic hydroxyl groups is 1. The van der Waals surface area contributed by atoms with Gasteiger partial charge in [0, 0.05) is 12.2 Å². The molecule has 0 saturated heterocycles. The first-order valence-corrected chi connectivity index (χ1v) is 5.23. The second kappa shape index (κ2) is 5.37. The molecule has 0 aromatic heterocycles. The van der Waals surface area contributed by atoms with Gasteiger partial charge in [0.05, 0.1) is 6.10 Å². The van der Waals surface area contributed by atoms with Crippen molar-refractivity contribution in [1.29, 1.82) is 0 Å². The fraction of sp³-hybridized carbons (Fsp3) is 0.500. The van der Waals surface area contributed by atoms with Crippen LogP contribution in [0, 0.1) is 18.6 Å². The highest BCUT2D eigenvalue weighted by atomic mass is 19.2. The number of aryl methyl sites for hydroxylation is 1. The van der Waals surface area contributed by atoms with E-state index in [1.54, 1.807) is 13.8 Å². The van der Waals surface area contributed by atoms with E-state index in [1.165, 1.54) is 19.1 Å². The van der Waals surface area contributed by atoms with Gasteiger partial charge in [-0.1, -0.05) is 12.1 Å². The zero-order chi connectivity index (χ0) is 12.3. The molecule has 16 heavy (non-hydrogen) atoms. The highest BCUT2D eigenvalue weighted by Gasteiger charge is 2.22. The molecule has 2 unspecified atom stereocenters. The van der Waals surface area contributed by atoms with Crippen molar-refractivity contribution < 1.29 is 18.6 Å². The minimum atomic E-state index is -1.16. The van der Waals surface area contributed by atoms with E-state index in [1.807, 2.05) is 0 Å². The lowest BCUT2D eigenvalue weighted by Gasteiger charge is -2.20. The van der Waals surface area contributed by atoms with Crippen molar-refractivity contribution in [2.45, 2.75) is 33.0 Å². The zero-order valence-electron chi connectivity index (χ0n) is 9.63. The lowest BCUT2D eigenvalue weighted by Crippen LogP contribution is -2.20. The molecule has 0 radical (unpaired) electrons. The van der Waals surface area contributed by atoms with Crippen LogP contribution in [0.1, 0.15) is 31.1 Å². The molecule has 1 rings (SSSR count). The Hall–Kier alpha value is -1.00. The molecule has 1 N–H and O–H groups in total. The summed E-state index contributed by atoms with van der Waals surface area (Å²) in [5.41, 5.74) is 0.154. The van der Waals surface area contributed by atoms with Gasteiger partial charge in [0.15, 0.2) is 11.6 Å². The highest BCUT2D eigenvalue weighted by Crippen LogP contribution is 2.25. The van der Waals surface area contributed by atoms with E-state index in [2.05, 4.69) is 0 Å². The summed E-state index contributed by atoms with van der Waals surface area (Å²) >= 11 is 0. The van der Waals surface area contributed by atoms with E-state index in [9.17, 15) is 13.9 Å². The second-order valence-electron chi connectivity index (χ2n) is 3.70. The van der Waals surface area contributed by atoms with Crippen molar-refractivity contribution in [3.05, 3.63) is 34.9 Å². The van der Waals surface area contributed by atoms with Crippen molar-refractivity contribution in [3.8, 4) is 0 Å². The molecule has 0 aliphatic heterocycles. The Kier molecular flexibility index (Phi) is 4.38. The van der Waals surface area contributed by atoms with E-state index < -0.39 is 23.8 Å². The Morgan fingerprint density at radius 2 is 1.94 bits per heavy atom. The molecule has 0 aliphatic carbocycles. The molecule has 90 valence electrons. The van der Waals surface area contributed by atoms with E-state index in [-0.39, 0.29) is 11.1 Å². The summed E-state index contributed by atoms with van der Waals surface area (Å²) in [6, 6.07) is 2.82. The minimum Gasteiger partial charge on any atom is -0.386 e. The molecule has 4 heteroatoms. The van der Waals surface area contributed by atoms with Crippen LogP contribution in [0.4, 0.5) is 8.78 Å². The van der Waals surface area contributed by atoms with E-state index in [0.717, 1.165) is 0 Å². The fourth-order valence-electron chi connectivity index (χ4n) is 1.50. The molecule has 0 amide bonds. The van der Waals surface area contributed by atoms with Crippen LogP contribution in [0.2, 0.25) is 0 Å². The fourth-order valence-corrected chi connectivity index (χ4v) is 1.50. The average molecular weight is 230 g/mol. The van der Waals surface area contributed by atoms with Crippen molar-refractivity contribution in [2.24, 2.45) is 0 Å². The summed E-state index contributed by atoms with van der Waals surface area (Å²) in [6.07, 6.45) is -1.73. The molecule has 0 spiro atoms. The number of halogens is 2. The molecule has 0 aliphatic rings. The van der Waals surface area contributed by atoms with Crippen LogP contribution in [-0.4, -0.2) is 17.8 Å². The van der Waals surface area contributed by atoms with E-state index in [4.69, 9.17) is 4.74 Å². The number of aliphatic hydroxyl groups excluding tert-OH is 1. The van der Waals surface area contributed by atoms with Gasteiger partial charge in [-0.3, -0.25) is 0 Å². The van der Waals surface area contributed by atoms with Crippen LogP contribution in [0.25, 0.3) is 0 Å². The molecule has 1 aromatic carbocycles. The van der Waals surface area contributed by atoms with Crippen molar-refractivity contribution in [3.63, 3.8) is 0 Å². The normalized spacial score (nSPS) is 14.9. The third-order valence-corrected chi connectivity index (χ3v) is 2.50. The maximum atomic E-state index is 13.5. The van der Waals surface area contributed by atoms with Gasteiger partial charge in [-0.05, 0) is 26.3 Å². The summed E-state index contributed by atoms with van der Waals surface area (Å²) < 4.78 is 31.9. The predicted molar refractivity (Wildman–Crippen MR) is 57.1 cm³/mol.